The molecule has 0 saturated heterocycles. The van der Waals surface area contributed by atoms with Gasteiger partial charge in [-0.1, -0.05) is 34.1 Å². The summed E-state index contributed by atoms with van der Waals surface area (Å²) in [6.07, 6.45) is 5.33. The number of aryl methyl sites for hydroxylation is 1. The highest BCUT2D eigenvalue weighted by Gasteiger charge is 2.14. The van der Waals surface area contributed by atoms with Gasteiger partial charge in [0.2, 0.25) is 0 Å². The zero-order chi connectivity index (χ0) is 23.9. The molecule has 0 amide bonds. The molecule has 1 atom stereocenters. The average molecular weight is 521 g/mol. The molecule has 0 aliphatic heterocycles. The van der Waals surface area contributed by atoms with Crippen LogP contribution in [0.5, 0.6) is 11.5 Å². The number of para-hydroxylation sites is 1. The molecule has 6 nitrogen and oxygen atoms in total. The van der Waals surface area contributed by atoms with Gasteiger partial charge in [-0.15, -0.1) is 0 Å². The lowest BCUT2D eigenvalue weighted by Crippen LogP contribution is -2.18. The molecule has 0 N–H and O–H groups in total. The summed E-state index contributed by atoms with van der Waals surface area (Å²) in [7, 11) is 2.77. The van der Waals surface area contributed by atoms with Gasteiger partial charge in [0.05, 0.1) is 32.5 Å². The number of esters is 2. The molecule has 0 fully saturated rings. The van der Waals surface area contributed by atoms with Gasteiger partial charge in [0, 0.05) is 11.8 Å². The molecular weight excluding hydrogens is 488 g/mol. The van der Waals surface area contributed by atoms with Gasteiger partial charge in [0.1, 0.15) is 11.5 Å². The van der Waals surface area contributed by atoms with E-state index in [2.05, 4.69) is 22.0 Å². The van der Waals surface area contributed by atoms with Crippen molar-refractivity contribution in [3.8, 4) is 11.5 Å². The Bertz CT molecular complexity index is 852. The van der Waals surface area contributed by atoms with Crippen LogP contribution in [-0.2, 0) is 20.7 Å². The van der Waals surface area contributed by atoms with E-state index in [0.717, 1.165) is 55.2 Å². The van der Waals surface area contributed by atoms with E-state index in [1.165, 1.54) is 14.2 Å². The van der Waals surface area contributed by atoms with Crippen molar-refractivity contribution in [2.24, 2.45) is 0 Å². The van der Waals surface area contributed by atoms with E-state index in [9.17, 15) is 9.59 Å². The van der Waals surface area contributed by atoms with Crippen LogP contribution in [0.3, 0.4) is 0 Å². The Morgan fingerprint density at radius 2 is 1.67 bits per heavy atom. The fourth-order valence-electron chi connectivity index (χ4n) is 3.39. The molecule has 2 aromatic rings. The Labute approximate surface area is 204 Å². The van der Waals surface area contributed by atoms with Crippen LogP contribution in [0.4, 0.5) is 0 Å². The highest BCUT2D eigenvalue weighted by molar-refractivity contribution is 9.09. The molecule has 0 spiro atoms. The van der Waals surface area contributed by atoms with Gasteiger partial charge in [0.25, 0.3) is 0 Å². The van der Waals surface area contributed by atoms with E-state index in [-0.39, 0.29) is 18.0 Å². The Kier molecular flexibility index (Phi) is 12.4. The van der Waals surface area contributed by atoms with Crippen LogP contribution in [0.2, 0.25) is 0 Å². The minimum absolute atomic E-state index is 0.0396. The summed E-state index contributed by atoms with van der Waals surface area (Å²) in [6.45, 7) is 0.669. The lowest BCUT2D eigenvalue weighted by Gasteiger charge is -2.20. The zero-order valence-corrected chi connectivity index (χ0v) is 21.0. The Morgan fingerprint density at radius 3 is 2.36 bits per heavy atom. The Morgan fingerprint density at radius 1 is 0.909 bits per heavy atom. The largest absolute Gasteiger partial charge is 0.493 e. The van der Waals surface area contributed by atoms with Crippen LogP contribution in [-0.4, -0.2) is 44.2 Å². The number of carbonyl (C=O) groups excluding carboxylic acids is 2. The number of hydrogen-bond donors (Lipinski definition) is 0. The van der Waals surface area contributed by atoms with Crippen LogP contribution < -0.4 is 9.47 Å². The summed E-state index contributed by atoms with van der Waals surface area (Å²) in [5.74, 6) is 1.03. The van der Waals surface area contributed by atoms with Crippen molar-refractivity contribution in [1.82, 2.24) is 0 Å². The first kappa shape index (κ1) is 26.7. The number of alkyl halides is 1. The van der Waals surface area contributed by atoms with Gasteiger partial charge in [0.15, 0.2) is 0 Å². The normalized spacial score (nSPS) is 11.5. The topological polar surface area (TPSA) is 71.1 Å². The molecule has 0 aliphatic carbocycles. The predicted octanol–water partition coefficient (Wildman–Crippen LogP) is 5.75. The number of halogens is 1. The molecule has 0 heterocycles. The summed E-state index contributed by atoms with van der Waals surface area (Å²) in [5.41, 5.74) is 1.63. The van der Waals surface area contributed by atoms with Crippen LogP contribution in [0, 0.1) is 0 Å². The van der Waals surface area contributed by atoms with Crippen molar-refractivity contribution in [3.05, 3.63) is 59.7 Å². The van der Waals surface area contributed by atoms with Gasteiger partial charge in [-0.3, -0.25) is 4.79 Å². The summed E-state index contributed by atoms with van der Waals surface area (Å²) in [6, 6.07) is 15.0. The number of rotatable bonds is 15. The van der Waals surface area contributed by atoms with Crippen molar-refractivity contribution < 1.29 is 28.5 Å². The first-order valence-corrected chi connectivity index (χ1v) is 12.4. The lowest BCUT2D eigenvalue weighted by molar-refractivity contribution is -0.140. The van der Waals surface area contributed by atoms with Crippen LogP contribution in [0.25, 0.3) is 0 Å². The van der Waals surface area contributed by atoms with Crippen LogP contribution in [0.1, 0.15) is 54.4 Å². The fourth-order valence-corrected chi connectivity index (χ4v) is 3.62. The summed E-state index contributed by atoms with van der Waals surface area (Å²) < 4.78 is 21.7. The van der Waals surface area contributed by atoms with Gasteiger partial charge < -0.3 is 18.9 Å². The van der Waals surface area contributed by atoms with Crippen molar-refractivity contribution in [1.29, 1.82) is 0 Å². The average Bonchev–Trinajstić information content (AvgIpc) is 2.85. The third-order valence-corrected chi connectivity index (χ3v) is 5.77. The smallest absolute Gasteiger partial charge is 0.337 e. The molecule has 0 bridgehead atoms. The number of methoxy groups -OCH3 is 2. The standard InChI is InChI=1S/C26H33BrO6/c1-30-25(28)11-6-4-9-22(33-23-16-13-21(14-17-23)26(29)31-2)15-12-20-8-3-5-10-24(20)32-19-7-18-27/h3,5,8,10,13-14,16-17,22H,4,6-7,9,11-12,15,18-19H2,1-2H3. The molecular formula is C26H33BrO6. The minimum Gasteiger partial charge on any atom is -0.493 e. The molecule has 180 valence electrons. The van der Waals surface area contributed by atoms with Crippen LogP contribution >= 0.6 is 15.9 Å². The third-order valence-electron chi connectivity index (χ3n) is 5.21. The van der Waals surface area contributed by atoms with Crippen molar-refractivity contribution in [2.45, 2.75) is 51.0 Å². The number of carbonyl (C=O) groups is 2. The first-order valence-electron chi connectivity index (χ1n) is 11.3. The zero-order valence-electron chi connectivity index (χ0n) is 19.4. The van der Waals surface area contributed by atoms with Crippen molar-refractivity contribution in [2.75, 3.05) is 26.2 Å². The second kappa shape index (κ2) is 15.3. The number of benzene rings is 2. The molecule has 7 heteroatoms. The van der Waals surface area contributed by atoms with E-state index < -0.39 is 0 Å². The highest BCUT2D eigenvalue weighted by atomic mass is 79.9. The molecule has 2 aromatic carbocycles. The number of unbranched alkanes of at least 4 members (excludes halogenated alkanes) is 1. The summed E-state index contributed by atoms with van der Waals surface area (Å²) >= 11 is 3.43. The minimum atomic E-state index is -0.377. The van der Waals surface area contributed by atoms with Gasteiger partial charge >= 0.3 is 11.9 Å². The lowest BCUT2D eigenvalue weighted by atomic mass is 10.0. The maximum atomic E-state index is 11.7. The fraction of sp³-hybridized carbons (Fsp3) is 0.462. The molecule has 2 rings (SSSR count). The van der Waals surface area contributed by atoms with Crippen LogP contribution in [0.15, 0.2) is 48.5 Å². The van der Waals surface area contributed by atoms with Gasteiger partial charge in [-0.2, -0.15) is 0 Å². The van der Waals surface area contributed by atoms with Crippen molar-refractivity contribution in [3.63, 3.8) is 0 Å². The van der Waals surface area contributed by atoms with Crippen molar-refractivity contribution >= 4 is 27.9 Å². The SMILES string of the molecule is COC(=O)CCCCC(CCc1ccccc1OCCCBr)Oc1ccc(C(=O)OC)cc1. The summed E-state index contributed by atoms with van der Waals surface area (Å²) in [4.78, 5) is 23.1. The number of hydrogen-bond acceptors (Lipinski definition) is 6. The third kappa shape index (κ3) is 9.86. The number of ether oxygens (including phenoxy) is 4. The van der Waals surface area contributed by atoms with E-state index >= 15 is 0 Å². The molecule has 1 unspecified atom stereocenters. The second-order valence-corrected chi connectivity index (χ2v) is 8.41. The first-order chi connectivity index (χ1) is 16.1. The monoisotopic (exact) mass is 520 g/mol. The van der Waals surface area contributed by atoms with E-state index in [4.69, 9.17) is 18.9 Å². The quantitative estimate of drug-likeness (QED) is 0.169. The molecule has 0 radical (unpaired) electrons. The maximum absolute atomic E-state index is 11.7. The Balaban J connectivity index is 2.01. The Hall–Kier alpha value is -2.54. The maximum Gasteiger partial charge on any atom is 0.337 e. The molecule has 0 aromatic heterocycles. The van der Waals surface area contributed by atoms with E-state index in [0.29, 0.717) is 24.3 Å². The highest BCUT2D eigenvalue weighted by Crippen LogP contribution is 2.24. The summed E-state index contributed by atoms with van der Waals surface area (Å²) in [5, 5.41) is 0.908. The van der Waals surface area contributed by atoms with Gasteiger partial charge in [-0.05, 0) is 74.4 Å². The molecule has 0 aliphatic rings. The molecule has 33 heavy (non-hydrogen) atoms. The predicted molar refractivity (Wildman–Crippen MR) is 131 cm³/mol. The van der Waals surface area contributed by atoms with E-state index in [1.807, 2.05) is 18.2 Å². The second-order valence-electron chi connectivity index (χ2n) is 7.62. The van der Waals surface area contributed by atoms with Gasteiger partial charge in [-0.25, -0.2) is 4.79 Å². The molecule has 0 saturated carbocycles. The van der Waals surface area contributed by atoms with E-state index in [1.54, 1.807) is 24.3 Å².